The molecule has 1 aromatic carbocycles. The minimum atomic E-state index is -0.835. The number of para-hydroxylation sites is 1. The molecule has 0 spiro atoms. The summed E-state index contributed by atoms with van der Waals surface area (Å²) in [5.74, 6) is -0.950. The Bertz CT molecular complexity index is 581. The summed E-state index contributed by atoms with van der Waals surface area (Å²) in [5, 5.41) is 9.03. The molecule has 1 aliphatic heterocycles. The lowest BCUT2D eigenvalue weighted by Gasteiger charge is -2.38. The quantitative estimate of drug-likeness (QED) is 0.885. The maximum atomic E-state index is 12.5. The van der Waals surface area contributed by atoms with Gasteiger partial charge in [-0.15, -0.1) is 0 Å². The molecule has 1 amide bonds. The highest BCUT2D eigenvalue weighted by molar-refractivity contribution is 5.96. The molecule has 1 heterocycles. The van der Waals surface area contributed by atoms with Crippen molar-refractivity contribution in [3.05, 3.63) is 29.8 Å². The smallest absolute Gasteiger partial charge is 0.304 e. The van der Waals surface area contributed by atoms with E-state index in [1.807, 2.05) is 24.3 Å². The summed E-state index contributed by atoms with van der Waals surface area (Å²) in [6.07, 6.45) is 3.28. The molecule has 1 atom stereocenters. The second kappa shape index (κ2) is 5.15. The Morgan fingerprint density at radius 3 is 2.67 bits per heavy atom. The normalized spacial score (nSPS) is 22.5. The van der Waals surface area contributed by atoms with Gasteiger partial charge < -0.3 is 15.7 Å². The van der Waals surface area contributed by atoms with Crippen molar-refractivity contribution >= 4 is 17.6 Å². The topological polar surface area (TPSA) is 83.6 Å². The molecule has 112 valence electrons. The number of anilines is 1. The SMILES string of the molecule is NC1(CC(=O)N2CC(CC(=O)O)c3ccccc32)CCC1. The molecule has 21 heavy (non-hydrogen) atoms. The van der Waals surface area contributed by atoms with Gasteiger partial charge in [0.2, 0.25) is 5.91 Å². The molecular formula is C16H20N2O3. The maximum absolute atomic E-state index is 12.5. The average Bonchev–Trinajstić information content (AvgIpc) is 2.76. The van der Waals surface area contributed by atoms with E-state index in [2.05, 4.69) is 0 Å². The Hall–Kier alpha value is -1.88. The summed E-state index contributed by atoms with van der Waals surface area (Å²) in [5.41, 5.74) is 7.61. The Morgan fingerprint density at radius 1 is 1.33 bits per heavy atom. The van der Waals surface area contributed by atoms with Crippen LogP contribution in [-0.4, -0.2) is 29.1 Å². The fourth-order valence-electron chi connectivity index (χ4n) is 3.32. The number of nitrogens with zero attached hydrogens (tertiary/aromatic N) is 1. The van der Waals surface area contributed by atoms with Crippen LogP contribution in [0, 0.1) is 0 Å². The van der Waals surface area contributed by atoms with Crippen LogP contribution in [0.15, 0.2) is 24.3 Å². The molecule has 3 N–H and O–H groups in total. The summed E-state index contributed by atoms with van der Waals surface area (Å²) < 4.78 is 0. The number of carbonyl (C=O) groups is 2. The molecule has 1 aliphatic carbocycles. The summed E-state index contributed by atoms with van der Waals surface area (Å²) in [6.45, 7) is 0.445. The Labute approximate surface area is 123 Å². The highest BCUT2D eigenvalue weighted by atomic mass is 16.4. The second-order valence-corrected chi connectivity index (χ2v) is 6.25. The van der Waals surface area contributed by atoms with E-state index >= 15 is 0 Å². The predicted octanol–water partition coefficient (Wildman–Crippen LogP) is 1.86. The van der Waals surface area contributed by atoms with E-state index in [-0.39, 0.29) is 23.8 Å². The van der Waals surface area contributed by atoms with Gasteiger partial charge in [-0.3, -0.25) is 9.59 Å². The first-order valence-corrected chi connectivity index (χ1v) is 7.38. The van der Waals surface area contributed by atoms with Crippen molar-refractivity contribution in [2.45, 2.75) is 43.6 Å². The first-order chi connectivity index (χ1) is 9.98. The van der Waals surface area contributed by atoms with Crippen LogP contribution in [0.3, 0.4) is 0 Å². The number of rotatable bonds is 4. The van der Waals surface area contributed by atoms with Gasteiger partial charge in [-0.2, -0.15) is 0 Å². The molecule has 0 saturated heterocycles. The van der Waals surface area contributed by atoms with Crippen molar-refractivity contribution in [3.63, 3.8) is 0 Å². The number of carboxylic acid groups (broad SMARTS) is 1. The van der Waals surface area contributed by atoms with Crippen molar-refractivity contribution in [2.24, 2.45) is 5.73 Å². The molecule has 5 nitrogen and oxygen atoms in total. The lowest BCUT2D eigenvalue weighted by Crippen LogP contribution is -2.50. The van der Waals surface area contributed by atoms with Crippen molar-refractivity contribution in [2.75, 3.05) is 11.4 Å². The van der Waals surface area contributed by atoms with E-state index < -0.39 is 5.97 Å². The van der Waals surface area contributed by atoms with Crippen LogP contribution in [-0.2, 0) is 9.59 Å². The van der Waals surface area contributed by atoms with Gasteiger partial charge in [0.25, 0.3) is 0 Å². The fourth-order valence-corrected chi connectivity index (χ4v) is 3.32. The van der Waals surface area contributed by atoms with Crippen LogP contribution in [0.1, 0.15) is 43.6 Å². The largest absolute Gasteiger partial charge is 0.481 e. The molecule has 2 aliphatic rings. The molecule has 1 unspecified atom stereocenters. The zero-order valence-electron chi connectivity index (χ0n) is 11.9. The lowest BCUT2D eigenvalue weighted by atomic mass is 9.75. The summed E-state index contributed by atoms with van der Waals surface area (Å²) >= 11 is 0. The highest BCUT2D eigenvalue weighted by Gasteiger charge is 2.39. The number of hydrogen-bond donors (Lipinski definition) is 2. The highest BCUT2D eigenvalue weighted by Crippen LogP contribution is 2.40. The van der Waals surface area contributed by atoms with E-state index in [1.54, 1.807) is 4.90 Å². The number of benzene rings is 1. The molecule has 3 rings (SSSR count). The molecule has 0 aromatic heterocycles. The number of carbonyl (C=O) groups excluding carboxylic acids is 1. The summed E-state index contributed by atoms with van der Waals surface area (Å²) in [7, 11) is 0. The van der Waals surface area contributed by atoms with Gasteiger partial charge in [-0.25, -0.2) is 0 Å². The molecule has 1 aromatic rings. The molecule has 1 saturated carbocycles. The van der Waals surface area contributed by atoms with Crippen molar-refractivity contribution < 1.29 is 14.7 Å². The third-order valence-electron chi connectivity index (χ3n) is 4.65. The van der Waals surface area contributed by atoms with E-state index in [1.165, 1.54) is 0 Å². The van der Waals surface area contributed by atoms with Gasteiger partial charge in [0.05, 0.1) is 6.42 Å². The Morgan fingerprint density at radius 2 is 2.05 bits per heavy atom. The third-order valence-corrected chi connectivity index (χ3v) is 4.65. The van der Waals surface area contributed by atoms with Crippen LogP contribution in [0.5, 0.6) is 0 Å². The van der Waals surface area contributed by atoms with Crippen LogP contribution in [0.4, 0.5) is 5.69 Å². The Balaban J connectivity index is 1.80. The molecule has 0 radical (unpaired) electrons. The van der Waals surface area contributed by atoms with E-state index in [0.29, 0.717) is 13.0 Å². The van der Waals surface area contributed by atoms with Crippen LogP contribution < -0.4 is 10.6 Å². The van der Waals surface area contributed by atoms with Gasteiger partial charge in [-0.1, -0.05) is 18.2 Å². The van der Waals surface area contributed by atoms with Gasteiger partial charge in [0.1, 0.15) is 0 Å². The second-order valence-electron chi connectivity index (χ2n) is 6.25. The first kappa shape index (κ1) is 14.1. The number of nitrogens with two attached hydrogens (primary N) is 1. The zero-order valence-corrected chi connectivity index (χ0v) is 11.9. The van der Waals surface area contributed by atoms with Crippen molar-refractivity contribution in [3.8, 4) is 0 Å². The van der Waals surface area contributed by atoms with Crippen molar-refractivity contribution in [1.29, 1.82) is 0 Å². The summed E-state index contributed by atoms with van der Waals surface area (Å²) in [4.78, 5) is 25.3. The number of amides is 1. The van der Waals surface area contributed by atoms with Crippen LogP contribution in [0.2, 0.25) is 0 Å². The minimum Gasteiger partial charge on any atom is -0.481 e. The average molecular weight is 288 g/mol. The zero-order chi connectivity index (χ0) is 15.0. The van der Waals surface area contributed by atoms with Crippen molar-refractivity contribution in [1.82, 2.24) is 0 Å². The molecule has 0 bridgehead atoms. The van der Waals surface area contributed by atoms with Crippen LogP contribution in [0.25, 0.3) is 0 Å². The standard InChI is InChI=1S/C16H20N2O3/c17-16(6-3-7-16)9-14(19)18-10-11(8-15(20)21)12-4-1-2-5-13(12)18/h1-2,4-5,11H,3,6-10,17H2,(H,20,21). The summed E-state index contributed by atoms with van der Waals surface area (Å²) in [6, 6.07) is 7.57. The maximum Gasteiger partial charge on any atom is 0.304 e. The Kier molecular flexibility index (Phi) is 3.45. The van der Waals surface area contributed by atoms with Gasteiger partial charge in [-0.05, 0) is 30.9 Å². The number of fused-ring (bicyclic) bond motifs is 1. The number of hydrogen-bond acceptors (Lipinski definition) is 3. The van der Waals surface area contributed by atoms with E-state index in [0.717, 1.165) is 30.5 Å². The molecular weight excluding hydrogens is 268 g/mol. The molecule has 5 heteroatoms. The fraction of sp³-hybridized carbons (Fsp3) is 0.500. The number of carboxylic acids is 1. The predicted molar refractivity (Wildman–Crippen MR) is 79.2 cm³/mol. The van der Waals surface area contributed by atoms with Gasteiger partial charge in [0, 0.05) is 30.1 Å². The minimum absolute atomic E-state index is 0.0116. The molecule has 1 fully saturated rings. The number of aliphatic carboxylic acids is 1. The van der Waals surface area contributed by atoms with Crippen LogP contribution >= 0.6 is 0 Å². The van der Waals surface area contributed by atoms with Gasteiger partial charge >= 0.3 is 5.97 Å². The van der Waals surface area contributed by atoms with Gasteiger partial charge in [0.15, 0.2) is 0 Å². The van der Waals surface area contributed by atoms with E-state index in [4.69, 9.17) is 10.8 Å². The first-order valence-electron chi connectivity index (χ1n) is 7.38. The monoisotopic (exact) mass is 288 g/mol. The lowest BCUT2D eigenvalue weighted by molar-refractivity contribution is -0.137. The third kappa shape index (κ3) is 2.65. The van der Waals surface area contributed by atoms with E-state index in [9.17, 15) is 9.59 Å².